The average Bonchev–Trinajstić information content (AvgIpc) is 2.66. The Kier molecular flexibility index (Phi) is 3.57. The average molecular weight is 282 g/mol. The minimum absolute atomic E-state index is 0.0831. The van der Waals surface area contributed by atoms with Gasteiger partial charge in [-0.25, -0.2) is 0 Å². The van der Waals surface area contributed by atoms with Gasteiger partial charge < -0.3 is 20.1 Å². The van der Waals surface area contributed by atoms with Gasteiger partial charge in [0.2, 0.25) is 0 Å². The van der Waals surface area contributed by atoms with Crippen LogP contribution in [0.5, 0.6) is 0 Å². The highest BCUT2D eigenvalue weighted by Gasteiger charge is 2.57. The molecule has 3 atom stereocenters. The van der Waals surface area contributed by atoms with E-state index in [0.717, 1.165) is 0 Å². The van der Waals surface area contributed by atoms with Gasteiger partial charge in [0.05, 0.1) is 17.6 Å². The van der Waals surface area contributed by atoms with E-state index in [2.05, 4.69) is 6.58 Å². The number of carbonyl (C=O) groups excluding carboxylic acids is 1. The molecule has 1 aliphatic carbocycles. The van der Waals surface area contributed by atoms with Crippen LogP contribution in [-0.2, 0) is 9.53 Å². The van der Waals surface area contributed by atoms with E-state index >= 15 is 0 Å². The quantitative estimate of drug-likeness (QED) is 0.660. The molecule has 3 unspecified atom stereocenters. The zero-order valence-electron chi connectivity index (χ0n) is 11.9. The highest BCUT2D eigenvalue weighted by Crippen LogP contribution is 2.49. The highest BCUT2D eigenvalue weighted by molar-refractivity contribution is 5.97. The smallest absolute Gasteiger partial charge is 0.168 e. The minimum Gasteiger partial charge on any atom is -0.488 e. The van der Waals surface area contributed by atoms with Crippen molar-refractivity contribution < 1.29 is 24.9 Å². The Morgan fingerprint density at radius 2 is 2.25 bits per heavy atom. The summed E-state index contributed by atoms with van der Waals surface area (Å²) in [5.74, 6) is -0.0706. The Bertz CT molecular complexity index is 461. The highest BCUT2D eigenvalue weighted by atomic mass is 16.5. The van der Waals surface area contributed by atoms with Crippen LogP contribution < -0.4 is 0 Å². The van der Waals surface area contributed by atoms with Crippen LogP contribution in [0.3, 0.4) is 0 Å². The van der Waals surface area contributed by atoms with Gasteiger partial charge in [0.15, 0.2) is 5.78 Å². The van der Waals surface area contributed by atoms with E-state index in [4.69, 9.17) is 4.74 Å². The van der Waals surface area contributed by atoms with Gasteiger partial charge in [-0.2, -0.15) is 0 Å². The van der Waals surface area contributed by atoms with Crippen molar-refractivity contribution in [1.29, 1.82) is 0 Å². The predicted octanol–water partition coefficient (Wildman–Crippen LogP) is 0.689. The summed E-state index contributed by atoms with van der Waals surface area (Å²) < 4.78 is 5.55. The normalized spacial score (nSPS) is 37.1. The van der Waals surface area contributed by atoms with E-state index in [0.29, 0.717) is 6.42 Å². The van der Waals surface area contributed by atoms with Crippen LogP contribution in [0.25, 0.3) is 0 Å². The predicted molar refractivity (Wildman–Crippen MR) is 72.8 cm³/mol. The summed E-state index contributed by atoms with van der Waals surface area (Å²) in [4.78, 5) is 12.2. The van der Waals surface area contributed by atoms with Crippen molar-refractivity contribution in [2.45, 2.75) is 50.4 Å². The van der Waals surface area contributed by atoms with Crippen LogP contribution in [-0.4, -0.2) is 45.0 Å². The third-order valence-corrected chi connectivity index (χ3v) is 4.29. The summed E-state index contributed by atoms with van der Waals surface area (Å²) >= 11 is 0. The molecule has 1 fully saturated rings. The largest absolute Gasteiger partial charge is 0.488 e. The number of fused-ring (bicyclic) bond motifs is 1. The SMILES string of the molecule is C=CCC1(CO)CC2(O)CC(C(C)(C)O)OC2=CC1=O. The van der Waals surface area contributed by atoms with Crippen molar-refractivity contribution in [3.05, 3.63) is 24.5 Å². The third kappa shape index (κ3) is 2.30. The van der Waals surface area contributed by atoms with Gasteiger partial charge in [-0.15, -0.1) is 6.58 Å². The van der Waals surface area contributed by atoms with Crippen molar-refractivity contribution in [1.82, 2.24) is 0 Å². The molecular formula is C15H22O5. The Labute approximate surface area is 118 Å². The number of rotatable bonds is 4. The van der Waals surface area contributed by atoms with Gasteiger partial charge in [-0.1, -0.05) is 6.08 Å². The van der Waals surface area contributed by atoms with Gasteiger partial charge in [-0.3, -0.25) is 4.79 Å². The van der Waals surface area contributed by atoms with Gasteiger partial charge in [0.25, 0.3) is 0 Å². The topological polar surface area (TPSA) is 87.0 Å². The summed E-state index contributed by atoms with van der Waals surface area (Å²) in [5, 5.41) is 30.4. The number of hydrogen-bond acceptors (Lipinski definition) is 5. The first-order valence-electron chi connectivity index (χ1n) is 6.77. The van der Waals surface area contributed by atoms with E-state index in [1.54, 1.807) is 19.9 Å². The fourth-order valence-electron chi connectivity index (χ4n) is 3.00. The molecule has 0 radical (unpaired) electrons. The van der Waals surface area contributed by atoms with Crippen LogP contribution in [0.2, 0.25) is 0 Å². The summed E-state index contributed by atoms with van der Waals surface area (Å²) in [6, 6.07) is 0. The van der Waals surface area contributed by atoms with Crippen LogP contribution in [0.4, 0.5) is 0 Å². The summed E-state index contributed by atoms with van der Waals surface area (Å²) in [7, 11) is 0. The number of aliphatic hydroxyl groups is 3. The molecule has 0 aromatic rings. The van der Waals surface area contributed by atoms with Crippen molar-refractivity contribution in [3.8, 4) is 0 Å². The van der Waals surface area contributed by atoms with Gasteiger partial charge in [0.1, 0.15) is 17.5 Å². The molecule has 1 aliphatic heterocycles. The van der Waals surface area contributed by atoms with Crippen LogP contribution >= 0.6 is 0 Å². The standard InChI is InChI=1S/C15H22O5/c1-4-5-14(9-16)8-15(19)7-12(13(2,3)18)20-11(15)6-10(14)17/h4,6,12,16,18-19H,1,5,7-9H2,2-3H3. The monoisotopic (exact) mass is 282 g/mol. The van der Waals surface area contributed by atoms with Gasteiger partial charge >= 0.3 is 0 Å². The van der Waals surface area contributed by atoms with Gasteiger partial charge in [-0.05, 0) is 26.7 Å². The number of ether oxygens (including phenoxy) is 1. The van der Waals surface area contributed by atoms with Crippen LogP contribution in [0, 0.1) is 5.41 Å². The van der Waals surface area contributed by atoms with Crippen molar-refractivity contribution in [2.75, 3.05) is 6.61 Å². The Morgan fingerprint density at radius 3 is 2.75 bits per heavy atom. The first-order chi connectivity index (χ1) is 9.17. The zero-order chi connectivity index (χ0) is 15.2. The molecular weight excluding hydrogens is 260 g/mol. The fraction of sp³-hybridized carbons (Fsp3) is 0.667. The number of aliphatic hydroxyl groups excluding tert-OH is 1. The molecule has 0 aromatic carbocycles. The number of ketones is 1. The van der Waals surface area contributed by atoms with Crippen LogP contribution in [0.1, 0.15) is 33.1 Å². The second-order valence-corrected chi connectivity index (χ2v) is 6.48. The third-order valence-electron chi connectivity index (χ3n) is 4.29. The molecule has 0 saturated carbocycles. The molecule has 112 valence electrons. The molecule has 2 rings (SSSR count). The maximum absolute atomic E-state index is 12.2. The molecule has 0 amide bonds. The van der Waals surface area contributed by atoms with E-state index in [-0.39, 0.29) is 31.0 Å². The zero-order valence-corrected chi connectivity index (χ0v) is 11.9. The lowest BCUT2D eigenvalue weighted by atomic mass is 9.67. The van der Waals surface area contributed by atoms with Crippen molar-refractivity contribution in [2.24, 2.45) is 5.41 Å². The Hall–Kier alpha value is -1.17. The molecule has 0 bridgehead atoms. The van der Waals surface area contributed by atoms with Crippen LogP contribution in [0.15, 0.2) is 24.5 Å². The summed E-state index contributed by atoms with van der Waals surface area (Å²) in [5.41, 5.74) is -3.47. The lowest BCUT2D eigenvalue weighted by Crippen LogP contribution is -2.47. The van der Waals surface area contributed by atoms with Gasteiger partial charge in [0, 0.05) is 12.5 Å². The van der Waals surface area contributed by atoms with E-state index in [9.17, 15) is 20.1 Å². The van der Waals surface area contributed by atoms with Crippen molar-refractivity contribution >= 4 is 5.78 Å². The number of allylic oxidation sites excluding steroid dienone is 2. The lowest BCUT2D eigenvalue weighted by Gasteiger charge is -2.38. The first-order valence-corrected chi connectivity index (χ1v) is 6.77. The second kappa shape index (κ2) is 4.69. The number of carbonyl (C=O) groups is 1. The molecule has 5 heteroatoms. The van der Waals surface area contributed by atoms with E-state index < -0.39 is 22.7 Å². The molecule has 1 saturated heterocycles. The molecule has 3 N–H and O–H groups in total. The molecule has 2 aliphatic rings. The minimum atomic E-state index is -1.32. The molecule has 0 aromatic heterocycles. The number of hydrogen-bond donors (Lipinski definition) is 3. The first kappa shape index (κ1) is 15.2. The Balaban J connectivity index is 2.35. The maximum Gasteiger partial charge on any atom is 0.168 e. The molecule has 0 spiro atoms. The maximum atomic E-state index is 12.2. The second-order valence-electron chi connectivity index (χ2n) is 6.48. The molecule has 1 heterocycles. The van der Waals surface area contributed by atoms with Crippen molar-refractivity contribution in [3.63, 3.8) is 0 Å². The lowest BCUT2D eigenvalue weighted by molar-refractivity contribution is -0.132. The molecule has 5 nitrogen and oxygen atoms in total. The van der Waals surface area contributed by atoms with E-state index in [1.165, 1.54) is 6.08 Å². The summed E-state index contributed by atoms with van der Waals surface area (Å²) in [6.07, 6.45) is 2.83. The summed E-state index contributed by atoms with van der Waals surface area (Å²) in [6.45, 7) is 6.46. The Morgan fingerprint density at radius 1 is 1.60 bits per heavy atom. The van der Waals surface area contributed by atoms with E-state index in [1.807, 2.05) is 0 Å². The molecule has 20 heavy (non-hydrogen) atoms. The fourth-order valence-corrected chi connectivity index (χ4v) is 3.00.